The average molecular weight is 188 g/mol. The molecule has 0 amide bonds. The summed E-state index contributed by atoms with van der Waals surface area (Å²) in [6.07, 6.45) is -0.468. The third-order valence-corrected chi connectivity index (χ3v) is 1.44. The second kappa shape index (κ2) is 4.23. The van der Waals surface area contributed by atoms with Crippen LogP contribution >= 0.6 is 0 Å². The van der Waals surface area contributed by atoms with Crippen molar-refractivity contribution < 1.29 is 13.5 Å². The molecule has 3 nitrogen and oxygen atoms in total. The van der Waals surface area contributed by atoms with E-state index in [4.69, 9.17) is 0 Å². The molecule has 0 unspecified atom stereocenters. The van der Waals surface area contributed by atoms with Crippen molar-refractivity contribution in [3.05, 3.63) is 24.3 Å². The lowest BCUT2D eigenvalue weighted by molar-refractivity contribution is -0.247. The van der Waals surface area contributed by atoms with Crippen LogP contribution in [0.15, 0.2) is 18.5 Å². The molecule has 0 bridgehead atoms. The maximum absolute atomic E-state index is 12.6. The van der Waals surface area contributed by atoms with Crippen LogP contribution in [-0.4, -0.2) is 16.1 Å². The highest BCUT2D eigenvalue weighted by Gasteiger charge is 2.27. The second-order valence-corrected chi connectivity index (χ2v) is 2.44. The molecule has 1 heterocycles. The van der Waals surface area contributed by atoms with E-state index in [1.165, 1.54) is 19.3 Å². The Balaban J connectivity index is 2.44. The van der Waals surface area contributed by atoms with Gasteiger partial charge in [0.2, 0.25) is 0 Å². The van der Waals surface area contributed by atoms with Crippen molar-refractivity contribution in [3.63, 3.8) is 0 Å². The number of alkyl halides is 2. The van der Waals surface area contributed by atoms with E-state index in [1.54, 1.807) is 6.07 Å². The van der Waals surface area contributed by atoms with Crippen LogP contribution in [0.25, 0.3) is 0 Å². The minimum atomic E-state index is -3.08. The Morgan fingerprint density at radius 3 is 2.54 bits per heavy atom. The lowest BCUT2D eigenvalue weighted by atomic mass is 10.4. The lowest BCUT2D eigenvalue weighted by Crippen LogP contribution is -2.19. The maximum atomic E-state index is 12.6. The zero-order valence-electron chi connectivity index (χ0n) is 7.20. The Morgan fingerprint density at radius 2 is 2.00 bits per heavy atom. The number of hydrogen-bond acceptors (Lipinski definition) is 3. The van der Waals surface area contributed by atoms with Crippen molar-refractivity contribution in [3.8, 4) is 0 Å². The van der Waals surface area contributed by atoms with Crippen molar-refractivity contribution in [2.75, 3.05) is 0 Å². The molecule has 1 rings (SSSR count). The van der Waals surface area contributed by atoms with Gasteiger partial charge in [0.15, 0.2) is 5.82 Å². The molecule has 72 valence electrons. The molecule has 0 fully saturated rings. The third kappa shape index (κ3) is 3.42. The molecule has 0 radical (unpaired) electrons. The van der Waals surface area contributed by atoms with Crippen LogP contribution < -0.4 is 0 Å². The molecule has 13 heavy (non-hydrogen) atoms. The highest BCUT2D eigenvalue weighted by molar-refractivity contribution is 4.86. The Morgan fingerprint density at radius 1 is 1.38 bits per heavy atom. The first-order valence-electron chi connectivity index (χ1n) is 3.92. The van der Waals surface area contributed by atoms with Crippen molar-refractivity contribution in [2.45, 2.75) is 26.1 Å². The van der Waals surface area contributed by atoms with Gasteiger partial charge in [-0.25, -0.2) is 9.97 Å². The first kappa shape index (κ1) is 9.98. The lowest BCUT2D eigenvalue weighted by Gasteiger charge is -2.13. The van der Waals surface area contributed by atoms with Gasteiger partial charge in [0.1, 0.15) is 6.61 Å². The van der Waals surface area contributed by atoms with E-state index in [-0.39, 0.29) is 18.9 Å². The standard InChI is InChI=1S/C8H10F2N2O/c1-2-8(9,10)13-6-7-11-4-3-5-12-7/h3-5H,2,6H2,1H3. The Hall–Kier alpha value is -1.10. The van der Waals surface area contributed by atoms with Gasteiger partial charge in [0.25, 0.3) is 0 Å². The molecule has 0 atom stereocenters. The number of nitrogens with zero attached hydrogens (tertiary/aromatic N) is 2. The van der Waals surface area contributed by atoms with Crippen LogP contribution in [0.2, 0.25) is 0 Å². The van der Waals surface area contributed by atoms with E-state index < -0.39 is 6.11 Å². The van der Waals surface area contributed by atoms with Crippen molar-refractivity contribution in [2.24, 2.45) is 0 Å². The summed E-state index contributed by atoms with van der Waals surface area (Å²) in [6, 6.07) is 1.61. The Kier molecular flexibility index (Phi) is 3.25. The molecular formula is C8H10F2N2O. The number of halogens is 2. The smallest absolute Gasteiger partial charge is 0.312 e. The second-order valence-electron chi connectivity index (χ2n) is 2.44. The SMILES string of the molecule is CCC(F)(F)OCc1ncccn1. The third-order valence-electron chi connectivity index (χ3n) is 1.44. The summed E-state index contributed by atoms with van der Waals surface area (Å²) in [5.41, 5.74) is 0. The number of aromatic nitrogens is 2. The van der Waals surface area contributed by atoms with E-state index >= 15 is 0 Å². The molecule has 1 aromatic heterocycles. The quantitative estimate of drug-likeness (QED) is 0.724. The normalized spacial score (nSPS) is 11.6. The molecule has 0 spiro atoms. The predicted octanol–water partition coefficient (Wildman–Crippen LogP) is 2.00. The molecule has 0 N–H and O–H groups in total. The predicted molar refractivity (Wildman–Crippen MR) is 42.1 cm³/mol. The van der Waals surface area contributed by atoms with Crippen LogP contribution in [0.5, 0.6) is 0 Å². The summed E-state index contributed by atoms with van der Waals surface area (Å²) >= 11 is 0. The van der Waals surface area contributed by atoms with Gasteiger partial charge >= 0.3 is 6.11 Å². The fourth-order valence-corrected chi connectivity index (χ4v) is 0.677. The molecule has 0 saturated carbocycles. The fourth-order valence-electron chi connectivity index (χ4n) is 0.677. The monoisotopic (exact) mass is 188 g/mol. The summed E-state index contributed by atoms with van der Waals surface area (Å²) in [5.74, 6) is 0.260. The highest BCUT2D eigenvalue weighted by Crippen LogP contribution is 2.20. The summed E-state index contributed by atoms with van der Waals surface area (Å²) < 4.78 is 29.4. The van der Waals surface area contributed by atoms with Crippen LogP contribution in [-0.2, 0) is 11.3 Å². The summed E-state index contributed by atoms with van der Waals surface area (Å²) in [7, 11) is 0. The Labute approximate surface area is 74.8 Å². The van der Waals surface area contributed by atoms with E-state index in [0.29, 0.717) is 0 Å². The van der Waals surface area contributed by atoms with Gasteiger partial charge in [0.05, 0.1) is 0 Å². The van der Waals surface area contributed by atoms with Crippen LogP contribution in [0.1, 0.15) is 19.2 Å². The molecule has 0 saturated heterocycles. The summed E-state index contributed by atoms with van der Waals surface area (Å²) in [4.78, 5) is 7.49. The van der Waals surface area contributed by atoms with Crippen molar-refractivity contribution in [1.29, 1.82) is 0 Å². The molecule has 1 aromatic rings. The van der Waals surface area contributed by atoms with E-state index in [9.17, 15) is 8.78 Å². The maximum Gasteiger partial charge on any atom is 0.355 e. The number of hydrogen-bond donors (Lipinski definition) is 0. The van der Waals surface area contributed by atoms with Gasteiger partial charge in [0, 0.05) is 18.8 Å². The Bertz CT molecular complexity index is 254. The van der Waals surface area contributed by atoms with Crippen molar-refractivity contribution >= 4 is 0 Å². The zero-order valence-corrected chi connectivity index (χ0v) is 7.20. The first-order valence-corrected chi connectivity index (χ1v) is 3.92. The first-order chi connectivity index (χ1) is 6.14. The van der Waals surface area contributed by atoms with E-state index in [2.05, 4.69) is 14.7 Å². The fraction of sp³-hybridized carbons (Fsp3) is 0.500. The van der Waals surface area contributed by atoms with Crippen molar-refractivity contribution in [1.82, 2.24) is 9.97 Å². The van der Waals surface area contributed by atoms with Gasteiger partial charge in [-0.05, 0) is 6.07 Å². The topological polar surface area (TPSA) is 35.0 Å². The van der Waals surface area contributed by atoms with E-state index in [0.717, 1.165) is 0 Å². The zero-order chi connectivity index (χ0) is 9.73. The summed E-state index contributed by atoms with van der Waals surface area (Å²) in [5, 5.41) is 0. The highest BCUT2D eigenvalue weighted by atomic mass is 19.3. The minimum absolute atomic E-state index is 0.260. The van der Waals surface area contributed by atoms with E-state index in [1.807, 2.05) is 0 Å². The van der Waals surface area contributed by atoms with Gasteiger partial charge in [-0.3, -0.25) is 0 Å². The number of ether oxygens (including phenoxy) is 1. The molecule has 0 aliphatic carbocycles. The summed E-state index contributed by atoms with van der Waals surface area (Å²) in [6.45, 7) is 1.09. The largest absolute Gasteiger partial charge is 0.355 e. The molecular weight excluding hydrogens is 178 g/mol. The molecule has 0 aliphatic heterocycles. The number of rotatable bonds is 4. The molecule has 0 aromatic carbocycles. The minimum Gasteiger partial charge on any atom is -0.312 e. The van der Waals surface area contributed by atoms with Gasteiger partial charge in [-0.1, -0.05) is 6.92 Å². The van der Waals surface area contributed by atoms with Crippen LogP contribution in [0, 0.1) is 0 Å². The van der Waals surface area contributed by atoms with Gasteiger partial charge < -0.3 is 4.74 Å². The molecule has 5 heteroatoms. The average Bonchev–Trinajstić information content (AvgIpc) is 2.17. The van der Waals surface area contributed by atoms with Gasteiger partial charge in [-0.15, -0.1) is 0 Å². The molecule has 0 aliphatic rings. The van der Waals surface area contributed by atoms with Crippen LogP contribution in [0.3, 0.4) is 0 Å². The van der Waals surface area contributed by atoms with Gasteiger partial charge in [-0.2, -0.15) is 8.78 Å². The van der Waals surface area contributed by atoms with Crippen LogP contribution in [0.4, 0.5) is 8.78 Å².